The van der Waals surface area contributed by atoms with Gasteiger partial charge in [-0.25, -0.2) is 9.13 Å². The van der Waals surface area contributed by atoms with Crippen LogP contribution < -0.4 is 0 Å². The van der Waals surface area contributed by atoms with Gasteiger partial charge in [-0.2, -0.15) is 0 Å². The maximum atomic E-state index is 13.0. The summed E-state index contributed by atoms with van der Waals surface area (Å²) in [4.78, 5) is 72.6. The van der Waals surface area contributed by atoms with Gasteiger partial charge in [0.15, 0.2) is 12.2 Å². The number of aliphatic hydroxyl groups is 1. The van der Waals surface area contributed by atoms with E-state index in [2.05, 4.69) is 72.8 Å². The van der Waals surface area contributed by atoms with E-state index in [1.807, 2.05) is 0 Å². The second kappa shape index (κ2) is 62.4. The minimum absolute atomic E-state index is 0.0838. The average Bonchev–Trinajstić information content (AvgIpc) is 3.30. The summed E-state index contributed by atoms with van der Waals surface area (Å²) in [6, 6.07) is 0. The van der Waals surface area contributed by atoms with Crippen molar-refractivity contribution in [1.29, 1.82) is 0 Å². The average molecular weight is 1340 g/mol. The molecule has 19 heteroatoms. The Morgan fingerprint density at radius 3 is 0.890 bits per heavy atom. The fourth-order valence-electron chi connectivity index (χ4n) is 10.4. The number of carbonyl (C=O) groups excluding carboxylic acids is 4. The summed E-state index contributed by atoms with van der Waals surface area (Å²) in [6.45, 7) is 11.7. The Morgan fingerprint density at radius 1 is 0.341 bits per heavy atom. The lowest BCUT2D eigenvalue weighted by Gasteiger charge is -2.21. The van der Waals surface area contributed by atoms with Crippen molar-refractivity contribution in [2.24, 2.45) is 17.8 Å². The van der Waals surface area contributed by atoms with E-state index >= 15 is 0 Å². The quantitative estimate of drug-likeness (QED) is 0.0169. The molecule has 3 N–H and O–H groups in total. The lowest BCUT2D eigenvalue weighted by atomic mass is 10.0. The van der Waals surface area contributed by atoms with E-state index < -0.39 is 97.5 Å². The minimum Gasteiger partial charge on any atom is -0.462 e. The van der Waals surface area contributed by atoms with Crippen LogP contribution in [0.15, 0.2) is 24.3 Å². The first-order valence-electron chi connectivity index (χ1n) is 36.7. The third-order valence-corrected chi connectivity index (χ3v) is 17.9. The van der Waals surface area contributed by atoms with Crippen LogP contribution in [0.4, 0.5) is 0 Å². The molecule has 0 spiro atoms. The van der Waals surface area contributed by atoms with E-state index in [0.29, 0.717) is 31.6 Å². The highest BCUT2D eigenvalue weighted by Crippen LogP contribution is 2.45. The van der Waals surface area contributed by atoms with Gasteiger partial charge in [0.25, 0.3) is 0 Å². The molecule has 0 aromatic rings. The van der Waals surface area contributed by atoms with Gasteiger partial charge >= 0.3 is 39.5 Å². The van der Waals surface area contributed by atoms with E-state index in [1.54, 1.807) is 0 Å². The lowest BCUT2D eigenvalue weighted by Crippen LogP contribution is -2.30. The fraction of sp³-hybridized carbons (Fsp3) is 0.889. The van der Waals surface area contributed by atoms with Crippen LogP contribution in [0.2, 0.25) is 0 Å². The maximum absolute atomic E-state index is 13.0. The summed E-state index contributed by atoms with van der Waals surface area (Å²) in [6.07, 6.45) is 49.5. The molecule has 0 saturated carbocycles. The van der Waals surface area contributed by atoms with Crippen LogP contribution in [0.3, 0.4) is 0 Å². The Bertz CT molecular complexity index is 1880. The van der Waals surface area contributed by atoms with Crippen LogP contribution in [0.5, 0.6) is 0 Å². The highest BCUT2D eigenvalue weighted by Gasteiger charge is 2.30. The Hall–Kier alpha value is -2.46. The zero-order valence-corrected chi connectivity index (χ0v) is 60.6. The van der Waals surface area contributed by atoms with Crippen molar-refractivity contribution in [3.63, 3.8) is 0 Å². The van der Waals surface area contributed by atoms with Crippen molar-refractivity contribution in [3.8, 4) is 0 Å². The molecule has 0 fully saturated rings. The smallest absolute Gasteiger partial charge is 0.462 e. The fourth-order valence-corrected chi connectivity index (χ4v) is 11.9. The molecule has 3 unspecified atom stereocenters. The first-order chi connectivity index (χ1) is 43.7. The van der Waals surface area contributed by atoms with Crippen molar-refractivity contribution in [1.82, 2.24) is 0 Å². The molecule has 0 amide bonds. The molecule has 0 heterocycles. The molecule has 0 aromatic carbocycles. The highest BCUT2D eigenvalue weighted by molar-refractivity contribution is 7.47. The molecule has 17 nitrogen and oxygen atoms in total. The van der Waals surface area contributed by atoms with Crippen molar-refractivity contribution in [3.05, 3.63) is 24.3 Å². The molecule has 0 aliphatic heterocycles. The number of carbonyl (C=O) groups is 4. The van der Waals surface area contributed by atoms with Crippen LogP contribution in [-0.2, 0) is 65.4 Å². The van der Waals surface area contributed by atoms with Gasteiger partial charge in [0.1, 0.15) is 19.3 Å². The molecule has 0 aliphatic rings. The van der Waals surface area contributed by atoms with Gasteiger partial charge in [0, 0.05) is 25.7 Å². The molecule has 91 heavy (non-hydrogen) atoms. The van der Waals surface area contributed by atoms with Gasteiger partial charge in [-0.1, -0.05) is 285 Å². The van der Waals surface area contributed by atoms with Crippen molar-refractivity contribution < 1.29 is 80.2 Å². The second-order valence-corrected chi connectivity index (χ2v) is 29.6. The largest absolute Gasteiger partial charge is 0.472 e. The van der Waals surface area contributed by atoms with Crippen LogP contribution in [-0.4, -0.2) is 96.7 Å². The molecule has 0 bridgehead atoms. The number of hydrogen-bond donors (Lipinski definition) is 3. The van der Waals surface area contributed by atoms with Gasteiger partial charge in [-0.3, -0.25) is 37.3 Å². The molecule has 5 atom stereocenters. The predicted octanol–water partition coefficient (Wildman–Crippen LogP) is 20.2. The monoisotopic (exact) mass is 1330 g/mol. The summed E-state index contributed by atoms with van der Waals surface area (Å²) in [5.41, 5.74) is 0. The van der Waals surface area contributed by atoms with E-state index in [-0.39, 0.29) is 25.7 Å². The maximum Gasteiger partial charge on any atom is 0.472 e. The number of allylic oxidation sites excluding steroid dienone is 4. The normalized spacial score (nSPS) is 14.3. The molecule has 0 radical (unpaired) electrons. The van der Waals surface area contributed by atoms with Gasteiger partial charge in [-0.05, 0) is 69.1 Å². The standard InChI is InChI=1S/C72H136O17P2/c1-8-9-10-11-12-13-14-15-16-17-20-26-33-41-48-55-71(76)88-68(60-83-70(75)54-47-40-35-28-31-38-45-52-65(6)7)62-87-91(80,81)85-58-66(73)57-84-90(78,79)86-61-67(89-72(77)56-49-42-34-27-22-24-30-37-44-51-64(4)5)59-82-69(74)53-46-39-32-25-21-18-19-23-29-36-43-50-63(2)3/h13-16,63-68,73H,8-12,17-62H2,1-7H3,(H,78,79)(H,80,81)/b14-13-,16-15-/t66?,67-,68-/m1/s1. The number of phosphoric ester groups is 2. The van der Waals surface area contributed by atoms with E-state index in [1.165, 1.54) is 128 Å². The number of esters is 4. The number of rotatable bonds is 68. The molecular formula is C72H136O17P2. The molecule has 536 valence electrons. The molecule has 0 aliphatic carbocycles. The zero-order chi connectivity index (χ0) is 67.3. The van der Waals surface area contributed by atoms with Gasteiger partial charge in [-0.15, -0.1) is 0 Å². The molecular weight excluding hydrogens is 1200 g/mol. The summed E-state index contributed by atoms with van der Waals surface area (Å²) in [7, 11) is -9.92. The van der Waals surface area contributed by atoms with E-state index in [0.717, 1.165) is 121 Å². The topological polar surface area (TPSA) is 237 Å². The number of hydrogen-bond acceptors (Lipinski definition) is 15. The van der Waals surface area contributed by atoms with Crippen molar-refractivity contribution >= 4 is 39.5 Å². The Morgan fingerprint density at radius 2 is 0.593 bits per heavy atom. The van der Waals surface area contributed by atoms with Gasteiger partial charge < -0.3 is 33.8 Å². The Labute approximate surface area is 554 Å². The molecule has 0 rings (SSSR count). The lowest BCUT2D eigenvalue weighted by molar-refractivity contribution is -0.161. The summed E-state index contributed by atoms with van der Waals surface area (Å²) in [5, 5.41) is 10.6. The number of ether oxygens (including phenoxy) is 4. The summed E-state index contributed by atoms with van der Waals surface area (Å²) in [5.74, 6) is 0.0505. The van der Waals surface area contributed by atoms with Crippen LogP contribution in [0, 0.1) is 17.8 Å². The number of phosphoric acid groups is 2. The van der Waals surface area contributed by atoms with Gasteiger partial charge in [0.05, 0.1) is 26.4 Å². The summed E-state index contributed by atoms with van der Waals surface area (Å²) < 4.78 is 68.3. The van der Waals surface area contributed by atoms with Crippen LogP contribution in [0.25, 0.3) is 0 Å². The first kappa shape index (κ1) is 88.5. The van der Waals surface area contributed by atoms with E-state index in [9.17, 15) is 43.2 Å². The van der Waals surface area contributed by atoms with E-state index in [4.69, 9.17) is 37.0 Å². The third-order valence-electron chi connectivity index (χ3n) is 16.0. The Balaban J connectivity index is 5.29. The van der Waals surface area contributed by atoms with Crippen molar-refractivity contribution in [2.75, 3.05) is 39.6 Å². The van der Waals surface area contributed by atoms with Gasteiger partial charge in [0.2, 0.25) is 0 Å². The minimum atomic E-state index is -4.96. The molecule has 0 aromatic heterocycles. The first-order valence-corrected chi connectivity index (χ1v) is 39.7. The van der Waals surface area contributed by atoms with Crippen molar-refractivity contribution in [2.45, 2.75) is 356 Å². The zero-order valence-electron chi connectivity index (χ0n) is 58.8. The highest BCUT2D eigenvalue weighted by atomic mass is 31.2. The van der Waals surface area contributed by atoms with Crippen LogP contribution in [0.1, 0.15) is 337 Å². The number of aliphatic hydroxyl groups excluding tert-OH is 1. The molecule has 0 saturated heterocycles. The Kier molecular flexibility index (Phi) is 60.7. The third kappa shape index (κ3) is 66.0. The van der Waals surface area contributed by atoms with Crippen LogP contribution >= 0.6 is 15.6 Å². The predicted molar refractivity (Wildman–Crippen MR) is 367 cm³/mol. The number of unbranched alkanes of at least 4 members (excludes halogenated alkanes) is 33. The second-order valence-electron chi connectivity index (χ2n) is 26.7. The summed E-state index contributed by atoms with van der Waals surface area (Å²) >= 11 is 0. The SMILES string of the molecule is CCCCCC/C=C\C=C/CCCCCCCC(=O)O[C@H](COC(=O)CCCCCCCCCC(C)C)COP(=O)(O)OCC(O)COP(=O)(O)OC[C@@H](COC(=O)CCCCCCCCCCCCCC(C)C)OC(=O)CCCCCCCCCCCC(C)C.